The van der Waals surface area contributed by atoms with E-state index in [4.69, 9.17) is 5.11 Å². The Balaban J connectivity index is 2.18. The van der Waals surface area contributed by atoms with Crippen molar-refractivity contribution in [3.05, 3.63) is 0 Å². The Hall–Kier alpha value is -1.10. The van der Waals surface area contributed by atoms with Crippen molar-refractivity contribution in [2.24, 2.45) is 0 Å². The summed E-state index contributed by atoms with van der Waals surface area (Å²) in [5.74, 6) is -0.802. The fourth-order valence-electron chi connectivity index (χ4n) is 1.53. The van der Waals surface area contributed by atoms with E-state index < -0.39 is 5.97 Å². The summed E-state index contributed by atoms with van der Waals surface area (Å²) in [6, 6.07) is 0.540. The van der Waals surface area contributed by atoms with Crippen molar-refractivity contribution in [3.8, 4) is 0 Å². The molecule has 0 saturated heterocycles. The van der Waals surface area contributed by atoms with Gasteiger partial charge in [-0.05, 0) is 12.8 Å². The molecule has 0 spiro atoms. The third kappa shape index (κ3) is 5.37. The second-order valence-electron chi connectivity index (χ2n) is 3.89. The largest absolute Gasteiger partial charge is 0.481 e. The van der Waals surface area contributed by atoms with Gasteiger partial charge in [-0.25, -0.2) is 0 Å². The summed E-state index contributed by atoms with van der Waals surface area (Å²) >= 11 is 0. The van der Waals surface area contributed by atoms with Gasteiger partial charge in [-0.2, -0.15) is 0 Å². The molecule has 1 aliphatic rings. The van der Waals surface area contributed by atoms with Gasteiger partial charge in [-0.15, -0.1) is 0 Å². The molecule has 0 radical (unpaired) electrons. The molecule has 1 saturated carbocycles. The van der Waals surface area contributed by atoms with Crippen LogP contribution in [0.4, 0.5) is 0 Å². The van der Waals surface area contributed by atoms with Gasteiger partial charge in [0.2, 0.25) is 5.91 Å². The van der Waals surface area contributed by atoms with Crippen molar-refractivity contribution >= 4 is 11.9 Å². The van der Waals surface area contributed by atoms with E-state index in [9.17, 15) is 9.59 Å². The van der Waals surface area contributed by atoms with Crippen molar-refractivity contribution in [1.29, 1.82) is 0 Å². The predicted molar refractivity (Wildman–Crippen MR) is 55.5 cm³/mol. The number of hydrogen-bond donors (Lipinski definition) is 2. The van der Waals surface area contributed by atoms with Crippen LogP contribution >= 0.6 is 0 Å². The van der Waals surface area contributed by atoms with Crippen molar-refractivity contribution in [3.63, 3.8) is 0 Å². The zero-order chi connectivity index (χ0) is 11.3. The van der Waals surface area contributed by atoms with Crippen LogP contribution in [0.25, 0.3) is 0 Å². The van der Waals surface area contributed by atoms with Crippen LogP contribution in [0.15, 0.2) is 0 Å². The van der Waals surface area contributed by atoms with Crippen molar-refractivity contribution < 1.29 is 14.7 Å². The van der Waals surface area contributed by atoms with Crippen LogP contribution in [0.2, 0.25) is 0 Å². The Labute approximate surface area is 89.4 Å². The molecule has 0 aliphatic heterocycles. The van der Waals surface area contributed by atoms with Crippen molar-refractivity contribution in [2.45, 2.75) is 32.2 Å². The number of hydrogen-bond acceptors (Lipinski definition) is 3. The van der Waals surface area contributed by atoms with Gasteiger partial charge in [0.25, 0.3) is 0 Å². The van der Waals surface area contributed by atoms with Crippen LogP contribution in [0, 0.1) is 0 Å². The molecule has 0 aromatic heterocycles. The van der Waals surface area contributed by atoms with E-state index in [1.54, 1.807) is 0 Å². The zero-order valence-electron chi connectivity index (χ0n) is 9.03. The number of carboxylic acid groups (broad SMARTS) is 1. The fourth-order valence-corrected chi connectivity index (χ4v) is 1.53. The van der Waals surface area contributed by atoms with Gasteiger partial charge >= 0.3 is 5.97 Å². The molecule has 1 amide bonds. The van der Waals surface area contributed by atoms with E-state index in [2.05, 4.69) is 10.2 Å². The molecule has 0 unspecified atom stereocenters. The van der Waals surface area contributed by atoms with Crippen LogP contribution < -0.4 is 5.32 Å². The molecule has 0 aromatic carbocycles. The topological polar surface area (TPSA) is 69.6 Å². The number of nitrogens with one attached hydrogen (secondary N) is 1. The lowest BCUT2D eigenvalue weighted by molar-refractivity contribution is -0.137. The SMILES string of the molecule is CC(=O)NCCN(CCC(=O)O)C1CC1. The molecular formula is C10H18N2O3. The van der Waals surface area contributed by atoms with E-state index in [0.717, 1.165) is 19.4 Å². The van der Waals surface area contributed by atoms with Gasteiger partial charge in [-0.3, -0.25) is 14.5 Å². The normalized spacial score (nSPS) is 15.3. The lowest BCUT2D eigenvalue weighted by Gasteiger charge is -2.20. The molecule has 1 fully saturated rings. The number of carbonyl (C=O) groups is 2. The summed E-state index contributed by atoms with van der Waals surface area (Å²) < 4.78 is 0. The highest BCUT2D eigenvalue weighted by atomic mass is 16.4. The molecule has 0 aromatic rings. The quantitative estimate of drug-likeness (QED) is 0.629. The first-order chi connectivity index (χ1) is 7.09. The molecule has 15 heavy (non-hydrogen) atoms. The molecule has 86 valence electrons. The maximum absolute atomic E-state index is 10.7. The second kappa shape index (κ2) is 5.70. The van der Waals surface area contributed by atoms with Gasteiger partial charge < -0.3 is 10.4 Å². The number of aliphatic carboxylic acids is 1. The standard InChI is InChI=1S/C10H18N2O3/c1-8(13)11-5-7-12(9-2-3-9)6-4-10(14)15/h9H,2-7H2,1H3,(H,11,13)(H,14,15). The number of amides is 1. The molecule has 0 atom stereocenters. The summed E-state index contributed by atoms with van der Waals surface area (Å²) in [5.41, 5.74) is 0. The molecule has 0 heterocycles. The van der Waals surface area contributed by atoms with E-state index in [1.165, 1.54) is 6.92 Å². The van der Waals surface area contributed by atoms with Crippen LogP contribution in [0.1, 0.15) is 26.2 Å². The van der Waals surface area contributed by atoms with Gasteiger partial charge in [0.15, 0.2) is 0 Å². The minimum absolute atomic E-state index is 0.0380. The summed E-state index contributed by atoms with van der Waals surface area (Å²) in [5, 5.41) is 11.3. The summed E-state index contributed by atoms with van der Waals surface area (Å²) in [6.07, 6.45) is 2.48. The maximum atomic E-state index is 10.7. The Morgan fingerprint density at radius 1 is 1.40 bits per heavy atom. The lowest BCUT2D eigenvalue weighted by Crippen LogP contribution is -2.36. The molecule has 1 rings (SSSR count). The monoisotopic (exact) mass is 214 g/mol. The highest BCUT2D eigenvalue weighted by Gasteiger charge is 2.28. The Morgan fingerprint density at radius 3 is 2.53 bits per heavy atom. The third-order valence-corrected chi connectivity index (χ3v) is 2.45. The summed E-state index contributed by atoms with van der Waals surface area (Å²) in [7, 11) is 0. The number of rotatable bonds is 7. The molecule has 2 N–H and O–H groups in total. The Kier molecular flexibility index (Phi) is 4.55. The first kappa shape index (κ1) is 12.0. The summed E-state index contributed by atoms with van der Waals surface area (Å²) in [4.78, 5) is 23.2. The van der Waals surface area contributed by atoms with Gasteiger partial charge in [0.1, 0.15) is 0 Å². The van der Waals surface area contributed by atoms with E-state index in [-0.39, 0.29) is 12.3 Å². The van der Waals surface area contributed by atoms with Gasteiger partial charge in [0, 0.05) is 32.6 Å². The molecule has 5 nitrogen and oxygen atoms in total. The Bertz CT molecular complexity index is 239. The first-order valence-electron chi connectivity index (χ1n) is 5.30. The number of carboxylic acids is 1. The Morgan fingerprint density at radius 2 is 2.07 bits per heavy atom. The highest BCUT2D eigenvalue weighted by molar-refractivity contribution is 5.72. The average molecular weight is 214 g/mol. The second-order valence-corrected chi connectivity index (χ2v) is 3.89. The molecule has 0 bridgehead atoms. The highest BCUT2D eigenvalue weighted by Crippen LogP contribution is 2.26. The fraction of sp³-hybridized carbons (Fsp3) is 0.800. The van der Waals surface area contributed by atoms with E-state index in [1.807, 2.05) is 0 Å². The van der Waals surface area contributed by atoms with Crippen molar-refractivity contribution in [2.75, 3.05) is 19.6 Å². The van der Waals surface area contributed by atoms with Crippen LogP contribution in [-0.2, 0) is 9.59 Å². The summed E-state index contributed by atoms with van der Waals surface area (Å²) in [6.45, 7) is 3.42. The van der Waals surface area contributed by atoms with Gasteiger partial charge in [0.05, 0.1) is 6.42 Å². The molecule has 5 heteroatoms. The van der Waals surface area contributed by atoms with Crippen LogP contribution in [-0.4, -0.2) is 47.6 Å². The molecular weight excluding hydrogens is 196 g/mol. The van der Waals surface area contributed by atoms with Gasteiger partial charge in [-0.1, -0.05) is 0 Å². The predicted octanol–water partition coefficient (Wildman–Crippen LogP) is 0.0616. The number of carbonyl (C=O) groups excluding carboxylic acids is 1. The van der Waals surface area contributed by atoms with Crippen molar-refractivity contribution in [1.82, 2.24) is 10.2 Å². The number of nitrogens with zero attached hydrogens (tertiary/aromatic N) is 1. The lowest BCUT2D eigenvalue weighted by atomic mass is 10.3. The van der Waals surface area contributed by atoms with E-state index >= 15 is 0 Å². The minimum atomic E-state index is -0.764. The average Bonchev–Trinajstić information content (AvgIpc) is 2.93. The smallest absolute Gasteiger partial charge is 0.304 e. The minimum Gasteiger partial charge on any atom is -0.481 e. The van der Waals surface area contributed by atoms with Crippen LogP contribution in [0.5, 0.6) is 0 Å². The third-order valence-electron chi connectivity index (χ3n) is 2.45. The van der Waals surface area contributed by atoms with Crippen LogP contribution in [0.3, 0.4) is 0 Å². The maximum Gasteiger partial charge on any atom is 0.304 e. The first-order valence-corrected chi connectivity index (χ1v) is 5.30. The molecule has 1 aliphatic carbocycles. The zero-order valence-corrected chi connectivity index (χ0v) is 9.03. The van der Waals surface area contributed by atoms with E-state index in [0.29, 0.717) is 19.1 Å².